The molecule has 0 saturated heterocycles. The number of nitrogens with two attached hydrogens (primary N) is 1. The molecule has 10 nitrogen and oxygen atoms in total. The summed E-state index contributed by atoms with van der Waals surface area (Å²) in [7, 11) is -0.837. The van der Waals surface area contributed by atoms with E-state index >= 15 is 0 Å². The number of nitrogen functional groups attached to an aromatic ring is 1. The lowest BCUT2D eigenvalue weighted by molar-refractivity contribution is 0.414. The third-order valence-corrected chi connectivity index (χ3v) is 7.66. The van der Waals surface area contributed by atoms with Crippen molar-refractivity contribution >= 4 is 32.6 Å². The molecule has 1 saturated carbocycles. The molecule has 2 heterocycles. The van der Waals surface area contributed by atoms with Gasteiger partial charge in [0.25, 0.3) is 10.0 Å². The number of methoxy groups -OCH3 is 2. The molecule has 0 atom stereocenters. The quantitative estimate of drug-likeness (QED) is 0.394. The van der Waals surface area contributed by atoms with Gasteiger partial charge in [-0.05, 0) is 49.2 Å². The van der Waals surface area contributed by atoms with E-state index in [1.54, 1.807) is 30.3 Å². The van der Waals surface area contributed by atoms with E-state index in [2.05, 4.69) is 14.7 Å². The van der Waals surface area contributed by atoms with Gasteiger partial charge in [0.1, 0.15) is 29.3 Å². The number of hydrogen-bond acceptors (Lipinski definition) is 8. The fourth-order valence-electron chi connectivity index (χ4n) is 4.48. The molecule has 1 aliphatic rings. The van der Waals surface area contributed by atoms with Gasteiger partial charge in [0.05, 0.1) is 36.2 Å². The number of anilines is 2. The Labute approximate surface area is 203 Å². The lowest BCUT2D eigenvalue weighted by Gasteiger charge is -2.13. The number of sulfonamides is 1. The Bertz CT molecular complexity index is 1480. The Hall–Kier alpha value is -3.86. The second kappa shape index (κ2) is 9.06. The van der Waals surface area contributed by atoms with Crippen molar-refractivity contribution in [3.05, 3.63) is 48.8 Å². The van der Waals surface area contributed by atoms with Gasteiger partial charge in [-0.2, -0.15) is 5.10 Å². The Balaban J connectivity index is 1.53. The summed E-state index contributed by atoms with van der Waals surface area (Å²) in [4.78, 5) is 8.74. The van der Waals surface area contributed by atoms with Crippen LogP contribution in [0.15, 0.2) is 53.7 Å². The second-order valence-electron chi connectivity index (χ2n) is 8.39. The fourth-order valence-corrected chi connectivity index (χ4v) is 5.55. The highest BCUT2D eigenvalue weighted by Crippen LogP contribution is 2.39. The molecule has 0 bridgehead atoms. The van der Waals surface area contributed by atoms with Crippen LogP contribution < -0.4 is 19.9 Å². The van der Waals surface area contributed by atoms with Crippen molar-refractivity contribution in [1.29, 1.82) is 0 Å². The zero-order valence-corrected chi connectivity index (χ0v) is 20.2. The van der Waals surface area contributed by atoms with Gasteiger partial charge in [-0.1, -0.05) is 18.9 Å². The molecule has 0 aliphatic heterocycles. The predicted molar refractivity (Wildman–Crippen MR) is 133 cm³/mol. The van der Waals surface area contributed by atoms with E-state index in [1.165, 1.54) is 32.7 Å². The Kier molecular flexibility index (Phi) is 5.93. The molecule has 0 spiro atoms. The van der Waals surface area contributed by atoms with Crippen LogP contribution in [0, 0.1) is 0 Å². The van der Waals surface area contributed by atoms with Crippen molar-refractivity contribution in [2.75, 3.05) is 24.7 Å². The molecule has 0 unspecified atom stereocenters. The van der Waals surface area contributed by atoms with Crippen LogP contribution in [-0.4, -0.2) is 42.4 Å². The fraction of sp³-hybridized carbons (Fsp3) is 0.292. The minimum absolute atomic E-state index is 0.107. The van der Waals surface area contributed by atoms with Gasteiger partial charge in [-0.3, -0.25) is 4.72 Å². The Morgan fingerprint density at radius 2 is 1.77 bits per heavy atom. The standard InChI is InChI=1S/C24H26N6O4S/c1-33-17-8-10-18(11-9-17)35(31,32)29-19-12-7-15(13-20(19)34-2)22-21-23(25)26-14-27-24(21)30(28-22)16-5-3-4-6-16/h7-14,16,29H,3-6H2,1-2H3,(H2,25,26,27). The second-order valence-corrected chi connectivity index (χ2v) is 10.1. The number of hydrogen-bond donors (Lipinski definition) is 2. The summed E-state index contributed by atoms with van der Waals surface area (Å²) in [6.07, 6.45) is 5.83. The van der Waals surface area contributed by atoms with E-state index in [1.807, 2.05) is 4.68 Å². The normalized spacial score (nSPS) is 14.3. The van der Waals surface area contributed by atoms with Crippen LogP contribution in [0.4, 0.5) is 11.5 Å². The molecular weight excluding hydrogens is 468 g/mol. The minimum Gasteiger partial charge on any atom is -0.497 e. The first-order valence-corrected chi connectivity index (χ1v) is 12.7. The number of aromatic nitrogens is 4. The van der Waals surface area contributed by atoms with Crippen molar-refractivity contribution in [3.8, 4) is 22.8 Å². The van der Waals surface area contributed by atoms with Crippen LogP contribution in [-0.2, 0) is 10.0 Å². The lowest BCUT2D eigenvalue weighted by atomic mass is 10.1. The molecule has 1 fully saturated rings. The SMILES string of the molecule is COc1ccc(S(=O)(=O)Nc2ccc(-c3nn(C4CCCC4)c4ncnc(N)c34)cc2OC)cc1. The highest BCUT2D eigenvalue weighted by Gasteiger charge is 2.25. The molecule has 1 aliphatic carbocycles. The molecule has 11 heteroatoms. The maximum atomic E-state index is 12.9. The average Bonchev–Trinajstić information content (AvgIpc) is 3.53. The van der Waals surface area contributed by atoms with Crippen LogP contribution in [0.2, 0.25) is 0 Å². The van der Waals surface area contributed by atoms with Crippen molar-refractivity contribution in [2.45, 2.75) is 36.6 Å². The molecule has 2 aromatic heterocycles. The van der Waals surface area contributed by atoms with Crippen LogP contribution in [0.5, 0.6) is 11.5 Å². The van der Waals surface area contributed by atoms with Crippen LogP contribution in [0.1, 0.15) is 31.7 Å². The third kappa shape index (κ3) is 4.23. The van der Waals surface area contributed by atoms with E-state index < -0.39 is 10.0 Å². The largest absolute Gasteiger partial charge is 0.497 e. The molecule has 182 valence electrons. The molecule has 4 aromatic rings. The van der Waals surface area contributed by atoms with Crippen molar-refractivity contribution in [3.63, 3.8) is 0 Å². The van der Waals surface area contributed by atoms with E-state index in [0.717, 1.165) is 31.2 Å². The van der Waals surface area contributed by atoms with Gasteiger partial charge in [0, 0.05) is 5.56 Å². The smallest absolute Gasteiger partial charge is 0.262 e. The molecule has 3 N–H and O–H groups in total. The van der Waals surface area contributed by atoms with Crippen molar-refractivity contribution in [1.82, 2.24) is 19.7 Å². The summed E-state index contributed by atoms with van der Waals surface area (Å²) in [6, 6.07) is 11.6. The summed E-state index contributed by atoms with van der Waals surface area (Å²) in [5.41, 5.74) is 8.59. The number of ether oxygens (including phenoxy) is 2. The number of fused-ring (bicyclic) bond motifs is 1. The zero-order chi connectivity index (χ0) is 24.6. The topological polar surface area (TPSA) is 134 Å². The summed E-state index contributed by atoms with van der Waals surface area (Å²) >= 11 is 0. The number of nitrogens with one attached hydrogen (secondary N) is 1. The first kappa shape index (κ1) is 22.9. The average molecular weight is 495 g/mol. The number of nitrogens with zero attached hydrogens (tertiary/aromatic N) is 4. The molecule has 5 rings (SSSR count). The van der Waals surface area contributed by atoms with E-state index in [9.17, 15) is 8.42 Å². The van der Waals surface area contributed by atoms with E-state index in [-0.39, 0.29) is 10.9 Å². The summed E-state index contributed by atoms with van der Waals surface area (Å²) in [6.45, 7) is 0. The molecular formula is C24H26N6O4S. The molecule has 35 heavy (non-hydrogen) atoms. The first-order chi connectivity index (χ1) is 16.9. The third-order valence-electron chi connectivity index (χ3n) is 6.28. The van der Waals surface area contributed by atoms with Crippen LogP contribution >= 0.6 is 0 Å². The molecule has 0 radical (unpaired) electrons. The van der Waals surface area contributed by atoms with Crippen molar-refractivity contribution < 1.29 is 17.9 Å². The summed E-state index contributed by atoms with van der Waals surface area (Å²) in [5, 5.41) is 5.55. The highest BCUT2D eigenvalue weighted by atomic mass is 32.2. The molecule has 0 amide bonds. The zero-order valence-electron chi connectivity index (χ0n) is 19.4. The monoisotopic (exact) mass is 494 g/mol. The van der Waals surface area contributed by atoms with Gasteiger partial charge in [0.15, 0.2) is 5.65 Å². The number of benzene rings is 2. The molecule has 2 aromatic carbocycles. The van der Waals surface area contributed by atoms with Gasteiger partial charge in [0.2, 0.25) is 0 Å². The van der Waals surface area contributed by atoms with E-state index in [0.29, 0.717) is 39.7 Å². The van der Waals surface area contributed by atoms with Crippen LogP contribution in [0.3, 0.4) is 0 Å². The van der Waals surface area contributed by atoms with Crippen LogP contribution in [0.25, 0.3) is 22.3 Å². The lowest BCUT2D eigenvalue weighted by Crippen LogP contribution is -2.13. The first-order valence-electron chi connectivity index (χ1n) is 11.2. The maximum absolute atomic E-state index is 12.9. The Morgan fingerprint density at radius 1 is 1.03 bits per heavy atom. The minimum atomic E-state index is -3.84. The number of rotatable bonds is 7. The van der Waals surface area contributed by atoms with Crippen molar-refractivity contribution in [2.24, 2.45) is 0 Å². The van der Waals surface area contributed by atoms with E-state index in [4.69, 9.17) is 20.3 Å². The van der Waals surface area contributed by atoms with Gasteiger partial charge >= 0.3 is 0 Å². The maximum Gasteiger partial charge on any atom is 0.262 e. The summed E-state index contributed by atoms with van der Waals surface area (Å²) < 4.78 is 41.1. The van der Waals surface area contributed by atoms with Gasteiger partial charge < -0.3 is 15.2 Å². The van der Waals surface area contributed by atoms with Gasteiger partial charge in [-0.15, -0.1) is 0 Å². The summed E-state index contributed by atoms with van der Waals surface area (Å²) in [5.74, 6) is 1.26. The van der Waals surface area contributed by atoms with Gasteiger partial charge in [-0.25, -0.2) is 23.1 Å². The Morgan fingerprint density at radius 3 is 2.46 bits per heavy atom. The predicted octanol–water partition coefficient (Wildman–Crippen LogP) is 4.01. The highest BCUT2D eigenvalue weighted by molar-refractivity contribution is 7.92.